The van der Waals surface area contributed by atoms with Gasteiger partial charge in [-0.15, -0.1) is 0 Å². The lowest BCUT2D eigenvalue weighted by atomic mass is 9.86. The van der Waals surface area contributed by atoms with Crippen LogP contribution in [0.25, 0.3) is 0 Å². The van der Waals surface area contributed by atoms with Crippen LogP contribution in [0.4, 0.5) is 0 Å². The molecule has 0 spiro atoms. The molecule has 1 saturated heterocycles. The summed E-state index contributed by atoms with van der Waals surface area (Å²) in [4.78, 5) is 2.33. The minimum atomic E-state index is -3.32. The van der Waals surface area contributed by atoms with Gasteiger partial charge in [0.2, 0.25) is 0 Å². The molecule has 0 radical (unpaired) electrons. The fraction of sp³-hybridized carbons (Fsp3) is 0.240. The molecule has 0 aromatic heterocycles. The van der Waals surface area contributed by atoms with Crippen LogP contribution in [-0.4, -0.2) is 32.7 Å². The standard InChI is InChI=1S/C25H24N2O2S/c1-30(28,29)25(22-14-8-9-19(15-22)16-26)23-17-27(18-23)24(20-10-4-2-5-11-20)21-12-6-3-7-13-21/h2-15,23-25H,17-18H2,1H3. The van der Waals surface area contributed by atoms with Gasteiger partial charge in [0.1, 0.15) is 0 Å². The molecular weight excluding hydrogens is 392 g/mol. The molecule has 1 heterocycles. The van der Waals surface area contributed by atoms with E-state index < -0.39 is 15.1 Å². The third-order valence-corrected chi connectivity index (χ3v) is 7.35. The molecule has 1 atom stereocenters. The molecule has 5 heteroatoms. The summed E-state index contributed by atoms with van der Waals surface area (Å²) in [6.45, 7) is 1.37. The van der Waals surface area contributed by atoms with Crippen LogP contribution in [0.3, 0.4) is 0 Å². The number of hydrogen-bond donors (Lipinski definition) is 0. The third-order valence-electron chi connectivity index (χ3n) is 5.77. The molecule has 30 heavy (non-hydrogen) atoms. The second-order valence-electron chi connectivity index (χ2n) is 7.93. The predicted octanol–water partition coefficient (Wildman–Crippen LogP) is 4.37. The van der Waals surface area contributed by atoms with E-state index in [9.17, 15) is 13.7 Å². The van der Waals surface area contributed by atoms with Crippen molar-refractivity contribution in [2.24, 2.45) is 5.92 Å². The van der Waals surface area contributed by atoms with Crippen molar-refractivity contribution in [3.8, 4) is 6.07 Å². The fourth-order valence-electron chi connectivity index (χ4n) is 4.49. The molecule has 1 aliphatic rings. The van der Waals surface area contributed by atoms with Crippen LogP contribution >= 0.6 is 0 Å². The molecule has 0 aliphatic carbocycles. The fourth-order valence-corrected chi connectivity index (χ4v) is 6.00. The van der Waals surface area contributed by atoms with Crippen molar-refractivity contribution in [2.75, 3.05) is 19.3 Å². The predicted molar refractivity (Wildman–Crippen MR) is 119 cm³/mol. The second kappa shape index (κ2) is 8.43. The van der Waals surface area contributed by atoms with Crippen LogP contribution in [0.5, 0.6) is 0 Å². The van der Waals surface area contributed by atoms with Gasteiger partial charge in [-0.3, -0.25) is 4.90 Å². The van der Waals surface area contributed by atoms with Crippen molar-refractivity contribution in [3.63, 3.8) is 0 Å². The van der Waals surface area contributed by atoms with Crippen molar-refractivity contribution in [1.82, 2.24) is 4.90 Å². The number of nitriles is 1. The summed E-state index contributed by atoms with van der Waals surface area (Å²) >= 11 is 0. The summed E-state index contributed by atoms with van der Waals surface area (Å²) in [5.41, 5.74) is 3.59. The van der Waals surface area contributed by atoms with Crippen LogP contribution in [0.2, 0.25) is 0 Å². The van der Waals surface area contributed by atoms with Crippen LogP contribution in [-0.2, 0) is 9.84 Å². The maximum absolute atomic E-state index is 12.7. The van der Waals surface area contributed by atoms with Gasteiger partial charge in [0.05, 0.1) is 22.9 Å². The van der Waals surface area contributed by atoms with E-state index in [1.807, 2.05) is 42.5 Å². The van der Waals surface area contributed by atoms with E-state index >= 15 is 0 Å². The van der Waals surface area contributed by atoms with Gasteiger partial charge < -0.3 is 0 Å². The zero-order valence-corrected chi connectivity index (χ0v) is 17.7. The van der Waals surface area contributed by atoms with E-state index in [0.29, 0.717) is 24.2 Å². The summed E-state index contributed by atoms with van der Waals surface area (Å²) in [7, 11) is -3.32. The van der Waals surface area contributed by atoms with Gasteiger partial charge in [-0.2, -0.15) is 5.26 Å². The molecular formula is C25H24N2O2S. The van der Waals surface area contributed by atoms with Crippen LogP contribution in [0.1, 0.15) is 33.5 Å². The van der Waals surface area contributed by atoms with E-state index in [4.69, 9.17) is 0 Å². The smallest absolute Gasteiger partial charge is 0.154 e. The first-order valence-electron chi connectivity index (χ1n) is 10.0. The molecule has 0 N–H and O–H groups in total. The van der Waals surface area contributed by atoms with Crippen LogP contribution in [0.15, 0.2) is 84.9 Å². The van der Waals surface area contributed by atoms with E-state index in [2.05, 4.69) is 35.2 Å². The highest BCUT2D eigenvalue weighted by Gasteiger charge is 2.42. The zero-order valence-electron chi connectivity index (χ0n) is 16.8. The molecule has 1 fully saturated rings. The average Bonchev–Trinajstić information content (AvgIpc) is 2.73. The number of nitrogens with zero attached hydrogens (tertiary/aromatic N) is 2. The molecule has 4 nitrogen and oxygen atoms in total. The number of benzene rings is 3. The first-order valence-corrected chi connectivity index (χ1v) is 12.0. The Morgan fingerprint density at radius 2 is 1.40 bits per heavy atom. The average molecular weight is 417 g/mol. The molecule has 152 valence electrons. The highest BCUT2D eigenvalue weighted by atomic mass is 32.2. The van der Waals surface area contributed by atoms with E-state index in [-0.39, 0.29) is 12.0 Å². The Kier molecular flexibility index (Phi) is 5.72. The van der Waals surface area contributed by atoms with Gasteiger partial charge >= 0.3 is 0 Å². The molecule has 3 aromatic carbocycles. The maximum atomic E-state index is 12.7. The Labute approximate surface area is 178 Å². The monoisotopic (exact) mass is 416 g/mol. The number of sulfone groups is 1. The third kappa shape index (κ3) is 4.16. The summed E-state index contributed by atoms with van der Waals surface area (Å²) in [5.74, 6) is -0.0103. The quantitative estimate of drug-likeness (QED) is 0.599. The molecule has 1 unspecified atom stereocenters. The molecule has 1 aliphatic heterocycles. The van der Waals surface area contributed by atoms with Gasteiger partial charge in [0, 0.05) is 25.3 Å². The number of rotatable bonds is 6. The van der Waals surface area contributed by atoms with Gasteiger partial charge in [-0.05, 0) is 28.8 Å². The lowest BCUT2D eigenvalue weighted by Gasteiger charge is -2.47. The minimum absolute atomic E-state index is 0.0103. The Morgan fingerprint density at radius 3 is 1.90 bits per heavy atom. The van der Waals surface area contributed by atoms with E-state index in [1.165, 1.54) is 17.4 Å². The number of hydrogen-bond acceptors (Lipinski definition) is 4. The molecule has 0 amide bonds. The maximum Gasteiger partial charge on any atom is 0.154 e. The molecule has 3 aromatic rings. The van der Waals surface area contributed by atoms with Gasteiger partial charge in [0.15, 0.2) is 9.84 Å². The van der Waals surface area contributed by atoms with Crippen molar-refractivity contribution >= 4 is 9.84 Å². The van der Waals surface area contributed by atoms with E-state index in [0.717, 1.165) is 0 Å². The molecule has 0 saturated carbocycles. The molecule has 4 rings (SSSR count). The van der Waals surface area contributed by atoms with Crippen molar-refractivity contribution in [2.45, 2.75) is 11.3 Å². The Balaban J connectivity index is 1.62. The van der Waals surface area contributed by atoms with Gasteiger partial charge in [-0.25, -0.2) is 8.42 Å². The van der Waals surface area contributed by atoms with Gasteiger partial charge in [-0.1, -0.05) is 72.8 Å². The second-order valence-corrected chi connectivity index (χ2v) is 10.1. The topological polar surface area (TPSA) is 61.2 Å². The SMILES string of the molecule is CS(=O)(=O)C(c1cccc(C#N)c1)C1CN(C(c2ccccc2)c2ccccc2)C1. The van der Waals surface area contributed by atoms with Crippen LogP contribution in [0, 0.1) is 17.2 Å². The van der Waals surface area contributed by atoms with Crippen molar-refractivity contribution in [3.05, 3.63) is 107 Å². The van der Waals surface area contributed by atoms with Crippen LogP contribution < -0.4 is 0 Å². The zero-order chi connectivity index (χ0) is 21.1. The first kappa shape index (κ1) is 20.3. The Bertz CT molecular complexity index is 1110. The highest BCUT2D eigenvalue weighted by Crippen LogP contribution is 2.41. The van der Waals surface area contributed by atoms with Crippen molar-refractivity contribution < 1.29 is 8.42 Å². The Hall–Kier alpha value is -2.94. The lowest BCUT2D eigenvalue weighted by molar-refractivity contribution is 0.0655. The summed E-state index contributed by atoms with van der Waals surface area (Å²) in [6.07, 6.45) is 1.30. The Morgan fingerprint density at radius 1 is 0.867 bits per heavy atom. The molecule has 0 bridgehead atoms. The summed E-state index contributed by atoms with van der Waals surface area (Å²) < 4.78 is 25.4. The minimum Gasteiger partial charge on any atom is -0.292 e. The largest absolute Gasteiger partial charge is 0.292 e. The first-order chi connectivity index (χ1) is 14.5. The normalized spacial score (nSPS) is 16.0. The lowest BCUT2D eigenvalue weighted by Crippen LogP contribution is -2.52. The summed E-state index contributed by atoms with van der Waals surface area (Å²) in [6, 6.07) is 29.8. The summed E-state index contributed by atoms with van der Waals surface area (Å²) in [5, 5.41) is 8.61. The number of likely N-dealkylation sites (tertiary alicyclic amines) is 1. The van der Waals surface area contributed by atoms with Gasteiger partial charge in [0.25, 0.3) is 0 Å². The van der Waals surface area contributed by atoms with Crippen molar-refractivity contribution in [1.29, 1.82) is 5.26 Å². The highest BCUT2D eigenvalue weighted by molar-refractivity contribution is 7.90. The van der Waals surface area contributed by atoms with E-state index in [1.54, 1.807) is 18.2 Å².